The summed E-state index contributed by atoms with van der Waals surface area (Å²) in [5.74, 6) is 1.22. The number of carbonyl (C=O) groups is 1. The van der Waals surface area contributed by atoms with Gasteiger partial charge >= 0.3 is 0 Å². The van der Waals surface area contributed by atoms with Crippen LogP contribution in [0.1, 0.15) is 33.6 Å². The molecule has 4 N–H and O–H groups in total. The van der Waals surface area contributed by atoms with Gasteiger partial charge in [0, 0.05) is 18.8 Å². The zero-order chi connectivity index (χ0) is 17.1. The van der Waals surface area contributed by atoms with Gasteiger partial charge in [0.1, 0.15) is 12.3 Å². The van der Waals surface area contributed by atoms with Gasteiger partial charge in [0.2, 0.25) is 5.91 Å². The van der Waals surface area contributed by atoms with Crippen LogP contribution in [0.15, 0.2) is 29.3 Å². The van der Waals surface area contributed by atoms with Crippen molar-refractivity contribution in [1.29, 1.82) is 0 Å². The minimum Gasteiger partial charge on any atom is -0.508 e. The number of phenolic OH excluding ortho intramolecular Hbond substituents is 1. The van der Waals surface area contributed by atoms with Crippen LogP contribution in [0, 0.1) is 5.92 Å². The fourth-order valence-corrected chi connectivity index (χ4v) is 2.06. The molecule has 0 aromatic heterocycles. The lowest BCUT2D eigenvalue weighted by atomic mass is 10.0. The van der Waals surface area contributed by atoms with Crippen LogP contribution in [0.25, 0.3) is 0 Å². The van der Waals surface area contributed by atoms with Crippen molar-refractivity contribution in [2.45, 2.75) is 33.6 Å². The summed E-state index contributed by atoms with van der Waals surface area (Å²) in [4.78, 5) is 16.2. The Hall–Kier alpha value is -2.24. The molecule has 0 spiro atoms. The van der Waals surface area contributed by atoms with Crippen LogP contribution in [0.5, 0.6) is 5.75 Å². The molecule has 6 heteroatoms. The van der Waals surface area contributed by atoms with Gasteiger partial charge in [-0.25, -0.2) is 4.99 Å². The Morgan fingerprint density at radius 3 is 2.35 bits per heavy atom. The van der Waals surface area contributed by atoms with Crippen LogP contribution in [-0.4, -0.2) is 36.6 Å². The van der Waals surface area contributed by atoms with E-state index in [1.165, 1.54) is 12.1 Å². The molecule has 0 heterocycles. The minimum atomic E-state index is -0.199. The zero-order valence-electron chi connectivity index (χ0n) is 14.2. The topological polar surface area (TPSA) is 85.8 Å². The van der Waals surface area contributed by atoms with Crippen molar-refractivity contribution in [2.75, 3.05) is 25.0 Å². The SMILES string of the molecule is CCNC(=NCC(=O)Nc1ccc(O)cc1)NCC(CC)CC. The molecule has 0 aliphatic rings. The van der Waals surface area contributed by atoms with Crippen molar-refractivity contribution >= 4 is 17.6 Å². The van der Waals surface area contributed by atoms with Gasteiger partial charge in [-0.1, -0.05) is 26.7 Å². The first-order chi connectivity index (χ1) is 11.1. The molecule has 0 aliphatic carbocycles. The Labute approximate surface area is 138 Å². The molecule has 6 nitrogen and oxygen atoms in total. The van der Waals surface area contributed by atoms with Crippen molar-refractivity contribution in [2.24, 2.45) is 10.9 Å². The van der Waals surface area contributed by atoms with E-state index in [0.29, 0.717) is 17.6 Å². The Morgan fingerprint density at radius 2 is 1.78 bits per heavy atom. The number of nitrogens with zero attached hydrogens (tertiary/aromatic N) is 1. The summed E-state index contributed by atoms with van der Waals surface area (Å²) in [7, 11) is 0. The van der Waals surface area contributed by atoms with E-state index in [4.69, 9.17) is 0 Å². The highest BCUT2D eigenvalue weighted by atomic mass is 16.3. The number of aromatic hydroxyl groups is 1. The molecule has 0 fully saturated rings. The number of carbonyl (C=O) groups excluding carboxylic acids is 1. The van der Waals surface area contributed by atoms with Gasteiger partial charge in [-0.3, -0.25) is 4.79 Å². The standard InChI is InChI=1S/C17H28N4O2/c1-4-13(5-2)11-19-17(18-6-3)20-12-16(23)21-14-7-9-15(22)10-8-14/h7-10,13,22H,4-6,11-12H2,1-3H3,(H,21,23)(H2,18,19,20). The van der Waals surface area contributed by atoms with E-state index in [-0.39, 0.29) is 18.2 Å². The molecule has 0 bridgehead atoms. The van der Waals surface area contributed by atoms with E-state index < -0.39 is 0 Å². The maximum absolute atomic E-state index is 11.9. The highest BCUT2D eigenvalue weighted by molar-refractivity contribution is 5.94. The maximum Gasteiger partial charge on any atom is 0.246 e. The largest absolute Gasteiger partial charge is 0.508 e. The molecule has 1 aromatic carbocycles. The van der Waals surface area contributed by atoms with Crippen molar-refractivity contribution in [3.05, 3.63) is 24.3 Å². The Kier molecular flexibility index (Phi) is 8.57. The highest BCUT2D eigenvalue weighted by Gasteiger charge is 2.06. The molecule has 0 saturated heterocycles. The summed E-state index contributed by atoms with van der Waals surface area (Å²) < 4.78 is 0. The van der Waals surface area contributed by atoms with Gasteiger partial charge in [-0.2, -0.15) is 0 Å². The summed E-state index contributed by atoms with van der Waals surface area (Å²) in [5.41, 5.74) is 0.637. The number of hydrogen-bond donors (Lipinski definition) is 4. The Bertz CT molecular complexity index is 496. The fraction of sp³-hybridized carbons (Fsp3) is 0.529. The molecule has 0 saturated carbocycles. The normalized spacial score (nSPS) is 11.4. The molecule has 23 heavy (non-hydrogen) atoms. The number of phenols is 1. The maximum atomic E-state index is 11.9. The average molecular weight is 320 g/mol. The van der Waals surface area contributed by atoms with Crippen molar-refractivity contribution in [1.82, 2.24) is 10.6 Å². The van der Waals surface area contributed by atoms with Gasteiger partial charge in [-0.05, 0) is 37.1 Å². The van der Waals surface area contributed by atoms with Crippen LogP contribution in [0.2, 0.25) is 0 Å². The summed E-state index contributed by atoms with van der Waals surface area (Å²) in [6, 6.07) is 6.35. The number of benzene rings is 1. The van der Waals surface area contributed by atoms with E-state index in [1.54, 1.807) is 12.1 Å². The Balaban J connectivity index is 2.51. The van der Waals surface area contributed by atoms with Crippen LogP contribution in [-0.2, 0) is 4.79 Å². The number of aliphatic imine (C=N–C) groups is 1. The second-order valence-electron chi connectivity index (χ2n) is 5.35. The monoisotopic (exact) mass is 320 g/mol. The van der Waals surface area contributed by atoms with E-state index in [0.717, 1.165) is 25.9 Å². The first-order valence-electron chi connectivity index (χ1n) is 8.20. The molecule has 0 atom stereocenters. The predicted octanol–water partition coefficient (Wildman–Crippen LogP) is 2.32. The van der Waals surface area contributed by atoms with E-state index in [2.05, 4.69) is 34.8 Å². The van der Waals surface area contributed by atoms with Gasteiger partial charge in [0.05, 0.1) is 0 Å². The summed E-state index contributed by atoms with van der Waals surface area (Å²) in [5, 5.41) is 18.4. The third-order valence-electron chi connectivity index (χ3n) is 3.59. The lowest BCUT2D eigenvalue weighted by Crippen LogP contribution is -2.40. The number of hydrogen-bond acceptors (Lipinski definition) is 3. The first-order valence-corrected chi connectivity index (χ1v) is 8.20. The van der Waals surface area contributed by atoms with Crippen LogP contribution in [0.4, 0.5) is 5.69 Å². The average Bonchev–Trinajstić information content (AvgIpc) is 2.55. The molecule has 0 unspecified atom stereocenters. The second-order valence-corrected chi connectivity index (χ2v) is 5.35. The van der Waals surface area contributed by atoms with Crippen molar-refractivity contribution in [3.8, 4) is 5.75 Å². The number of amides is 1. The first kappa shape index (κ1) is 18.8. The molecule has 1 aromatic rings. The van der Waals surface area contributed by atoms with Gasteiger partial charge in [0.15, 0.2) is 5.96 Å². The molecule has 128 valence electrons. The van der Waals surface area contributed by atoms with Crippen molar-refractivity contribution in [3.63, 3.8) is 0 Å². The quantitative estimate of drug-likeness (QED) is 0.336. The van der Waals surface area contributed by atoms with E-state index in [1.807, 2.05) is 6.92 Å². The molecule has 1 amide bonds. The van der Waals surface area contributed by atoms with Crippen LogP contribution < -0.4 is 16.0 Å². The lowest BCUT2D eigenvalue weighted by molar-refractivity contribution is -0.114. The number of rotatable bonds is 8. The van der Waals surface area contributed by atoms with Crippen LogP contribution in [0.3, 0.4) is 0 Å². The third-order valence-corrected chi connectivity index (χ3v) is 3.59. The molecular formula is C17H28N4O2. The highest BCUT2D eigenvalue weighted by Crippen LogP contribution is 2.13. The van der Waals surface area contributed by atoms with Gasteiger partial charge in [-0.15, -0.1) is 0 Å². The molecule has 0 aliphatic heterocycles. The predicted molar refractivity (Wildman–Crippen MR) is 94.8 cm³/mol. The van der Waals surface area contributed by atoms with Gasteiger partial charge in [0.25, 0.3) is 0 Å². The fourth-order valence-electron chi connectivity index (χ4n) is 2.06. The third kappa shape index (κ3) is 7.54. The van der Waals surface area contributed by atoms with Crippen LogP contribution >= 0.6 is 0 Å². The van der Waals surface area contributed by atoms with E-state index in [9.17, 15) is 9.90 Å². The van der Waals surface area contributed by atoms with Gasteiger partial charge < -0.3 is 21.1 Å². The minimum absolute atomic E-state index is 0.0408. The molecule has 1 rings (SSSR count). The second kappa shape index (κ2) is 10.5. The molecular weight excluding hydrogens is 292 g/mol. The summed E-state index contributed by atoms with van der Waals surface area (Å²) in [6.45, 7) is 7.97. The number of nitrogens with one attached hydrogen (secondary N) is 3. The van der Waals surface area contributed by atoms with Crippen molar-refractivity contribution < 1.29 is 9.90 Å². The smallest absolute Gasteiger partial charge is 0.246 e. The summed E-state index contributed by atoms with van der Waals surface area (Å²) in [6.07, 6.45) is 2.23. The zero-order valence-corrected chi connectivity index (χ0v) is 14.2. The Morgan fingerprint density at radius 1 is 1.13 bits per heavy atom. The summed E-state index contributed by atoms with van der Waals surface area (Å²) >= 11 is 0. The number of anilines is 1. The molecule has 0 radical (unpaired) electrons. The number of guanidine groups is 1. The lowest BCUT2D eigenvalue weighted by Gasteiger charge is -2.16. The van der Waals surface area contributed by atoms with E-state index >= 15 is 0 Å².